The van der Waals surface area contributed by atoms with Gasteiger partial charge < -0.3 is 10.1 Å². The molecule has 1 atom stereocenters. The summed E-state index contributed by atoms with van der Waals surface area (Å²) in [6, 6.07) is 17.7. The van der Waals surface area contributed by atoms with Crippen LogP contribution in [0.25, 0.3) is 0 Å². The van der Waals surface area contributed by atoms with Gasteiger partial charge in [-0.05, 0) is 30.2 Å². The Balaban J connectivity index is 1.58. The number of fused-ring (bicyclic) bond motifs is 1. The average Bonchev–Trinajstić information content (AvgIpc) is 2.54. The second-order valence-electron chi connectivity index (χ2n) is 4.90. The van der Waals surface area contributed by atoms with Gasteiger partial charge >= 0.3 is 0 Å². The monoisotopic (exact) mass is 299 g/mol. The minimum atomic E-state index is -0.0782. The minimum Gasteiger partial charge on any atom is -0.484 e. The molecule has 0 aliphatic carbocycles. The molecule has 3 nitrogen and oxygen atoms in total. The van der Waals surface area contributed by atoms with Gasteiger partial charge in [0.2, 0.25) is 0 Å². The fourth-order valence-corrected chi connectivity index (χ4v) is 3.52. The van der Waals surface area contributed by atoms with E-state index in [1.165, 1.54) is 10.5 Å². The molecule has 0 bridgehead atoms. The molecule has 2 aromatic carbocycles. The topological polar surface area (TPSA) is 38.3 Å². The van der Waals surface area contributed by atoms with Gasteiger partial charge in [0.15, 0.2) is 6.61 Å². The largest absolute Gasteiger partial charge is 0.484 e. The summed E-state index contributed by atoms with van der Waals surface area (Å²) in [5.41, 5.74) is 1.21. The maximum Gasteiger partial charge on any atom is 0.258 e. The average molecular weight is 299 g/mol. The van der Waals surface area contributed by atoms with Gasteiger partial charge in [-0.1, -0.05) is 36.4 Å². The van der Waals surface area contributed by atoms with Gasteiger partial charge in [-0.3, -0.25) is 4.79 Å². The molecule has 0 spiro atoms. The molecule has 0 aromatic heterocycles. The van der Waals surface area contributed by atoms with Crippen LogP contribution in [0.15, 0.2) is 59.5 Å². The van der Waals surface area contributed by atoms with Crippen molar-refractivity contribution in [1.82, 2.24) is 5.32 Å². The van der Waals surface area contributed by atoms with E-state index < -0.39 is 0 Å². The van der Waals surface area contributed by atoms with Crippen molar-refractivity contribution in [2.45, 2.75) is 17.4 Å². The SMILES string of the molecule is O=C(COc1ccccc1)N[C@@H]1CCSc2ccccc21. The van der Waals surface area contributed by atoms with Gasteiger partial charge in [0.25, 0.3) is 5.91 Å². The summed E-state index contributed by atoms with van der Waals surface area (Å²) in [5, 5.41) is 3.07. The van der Waals surface area contributed by atoms with Crippen molar-refractivity contribution < 1.29 is 9.53 Å². The zero-order valence-corrected chi connectivity index (χ0v) is 12.4. The first kappa shape index (κ1) is 14.0. The number of nitrogens with one attached hydrogen (secondary N) is 1. The summed E-state index contributed by atoms with van der Waals surface area (Å²) in [5.74, 6) is 1.67. The highest BCUT2D eigenvalue weighted by atomic mass is 32.2. The second kappa shape index (κ2) is 6.68. The van der Waals surface area contributed by atoms with Gasteiger partial charge in [0, 0.05) is 10.6 Å². The first-order chi connectivity index (χ1) is 10.3. The summed E-state index contributed by atoms with van der Waals surface area (Å²) in [7, 11) is 0. The molecular weight excluding hydrogens is 282 g/mol. The zero-order valence-electron chi connectivity index (χ0n) is 11.6. The number of benzene rings is 2. The summed E-state index contributed by atoms with van der Waals surface area (Å²) in [6.07, 6.45) is 0.957. The molecule has 1 heterocycles. The second-order valence-corrected chi connectivity index (χ2v) is 6.03. The Hall–Kier alpha value is -1.94. The maximum atomic E-state index is 12.1. The smallest absolute Gasteiger partial charge is 0.258 e. The molecule has 0 unspecified atom stereocenters. The molecule has 21 heavy (non-hydrogen) atoms. The van der Waals surface area contributed by atoms with Crippen LogP contribution >= 0.6 is 11.8 Å². The van der Waals surface area contributed by atoms with E-state index in [0.29, 0.717) is 5.75 Å². The predicted molar refractivity (Wildman–Crippen MR) is 84.6 cm³/mol. The van der Waals surface area contributed by atoms with E-state index in [1.807, 2.05) is 54.2 Å². The van der Waals surface area contributed by atoms with E-state index in [1.54, 1.807) is 0 Å². The zero-order chi connectivity index (χ0) is 14.5. The van der Waals surface area contributed by atoms with Crippen LogP contribution in [-0.4, -0.2) is 18.3 Å². The van der Waals surface area contributed by atoms with Crippen LogP contribution in [0.4, 0.5) is 0 Å². The molecule has 2 aromatic rings. The molecule has 0 radical (unpaired) electrons. The van der Waals surface area contributed by atoms with Gasteiger partial charge in [0.05, 0.1) is 6.04 Å². The van der Waals surface area contributed by atoms with Crippen molar-refractivity contribution in [3.63, 3.8) is 0 Å². The van der Waals surface area contributed by atoms with Crippen molar-refractivity contribution in [2.75, 3.05) is 12.4 Å². The van der Waals surface area contributed by atoms with Crippen molar-refractivity contribution in [3.05, 3.63) is 60.2 Å². The lowest BCUT2D eigenvalue weighted by molar-refractivity contribution is -0.123. The molecule has 0 saturated carbocycles. The maximum absolute atomic E-state index is 12.1. The number of rotatable bonds is 4. The Morgan fingerprint density at radius 2 is 1.90 bits per heavy atom. The van der Waals surface area contributed by atoms with Crippen LogP contribution in [0.2, 0.25) is 0 Å². The van der Waals surface area contributed by atoms with Crippen molar-refractivity contribution in [2.24, 2.45) is 0 Å². The minimum absolute atomic E-state index is 0.0514. The van der Waals surface area contributed by atoms with Crippen molar-refractivity contribution in [3.8, 4) is 5.75 Å². The molecule has 4 heteroatoms. The van der Waals surface area contributed by atoms with Crippen molar-refractivity contribution in [1.29, 1.82) is 0 Å². The fourth-order valence-electron chi connectivity index (χ4n) is 2.39. The number of carbonyl (C=O) groups is 1. The fraction of sp³-hybridized carbons (Fsp3) is 0.235. The highest BCUT2D eigenvalue weighted by Crippen LogP contribution is 2.35. The van der Waals surface area contributed by atoms with Gasteiger partial charge in [0.1, 0.15) is 5.75 Å². The summed E-state index contributed by atoms with van der Waals surface area (Å²) >= 11 is 1.85. The van der Waals surface area contributed by atoms with Crippen LogP contribution in [0.1, 0.15) is 18.0 Å². The molecular formula is C17H17NO2S. The lowest BCUT2D eigenvalue weighted by Crippen LogP contribution is -2.34. The number of thioether (sulfide) groups is 1. The third kappa shape index (κ3) is 3.58. The Bertz CT molecular complexity index is 615. The van der Waals surface area contributed by atoms with E-state index in [0.717, 1.165) is 12.2 Å². The molecule has 3 rings (SSSR count). The molecule has 1 amide bonds. The number of amides is 1. The lowest BCUT2D eigenvalue weighted by Gasteiger charge is -2.25. The Kier molecular flexibility index (Phi) is 4.46. The number of ether oxygens (including phenoxy) is 1. The molecule has 1 N–H and O–H groups in total. The molecule has 1 aliphatic rings. The number of para-hydroxylation sites is 1. The normalized spacial score (nSPS) is 16.9. The van der Waals surface area contributed by atoms with E-state index in [-0.39, 0.29) is 18.6 Å². The summed E-state index contributed by atoms with van der Waals surface area (Å²) < 4.78 is 5.48. The van der Waals surface area contributed by atoms with Crippen LogP contribution in [0.5, 0.6) is 5.75 Å². The van der Waals surface area contributed by atoms with E-state index in [4.69, 9.17) is 4.74 Å². The van der Waals surface area contributed by atoms with Crippen LogP contribution in [-0.2, 0) is 4.79 Å². The van der Waals surface area contributed by atoms with Crippen LogP contribution < -0.4 is 10.1 Å². The third-order valence-electron chi connectivity index (χ3n) is 3.41. The van der Waals surface area contributed by atoms with Gasteiger partial charge in [-0.2, -0.15) is 0 Å². The number of hydrogen-bond acceptors (Lipinski definition) is 3. The Labute approximate surface area is 128 Å². The molecule has 1 aliphatic heterocycles. The number of hydrogen-bond donors (Lipinski definition) is 1. The summed E-state index contributed by atoms with van der Waals surface area (Å²) in [4.78, 5) is 13.3. The highest BCUT2D eigenvalue weighted by Gasteiger charge is 2.21. The van der Waals surface area contributed by atoms with Gasteiger partial charge in [-0.15, -0.1) is 11.8 Å². The lowest BCUT2D eigenvalue weighted by atomic mass is 10.0. The molecule has 108 valence electrons. The summed E-state index contributed by atoms with van der Waals surface area (Å²) in [6.45, 7) is 0.0514. The van der Waals surface area contributed by atoms with Crippen LogP contribution in [0.3, 0.4) is 0 Å². The number of carbonyl (C=O) groups excluding carboxylic acids is 1. The quantitative estimate of drug-likeness (QED) is 0.940. The molecule has 0 saturated heterocycles. The Morgan fingerprint density at radius 3 is 2.76 bits per heavy atom. The van der Waals surface area contributed by atoms with E-state index in [9.17, 15) is 4.79 Å². The predicted octanol–water partition coefficient (Wildman–Crippen LogP) is 3.42. The van der Waals surface area contributed by atoms with Crippen LogP contribution in [0, 0.1) is 0 Å². The van der Waals surface area contributed by atoms with E-state index >= 15 is 0 Å². The standard InChI is InChI=1S/C17H17NO2S/c19-17(12-20-13-6-2-1-3-7-13)18-15-10-11-21-16-9-5-4-8-14(15)16/h1-9,15H,10-12H2,(H,18,19)/t15-/m1/s1. The first-order valence-electron chi connectivity index (χ1n) is 7.02. The molecule has 0 fully saturated rings. The Morgan fingerprint density at radius 1 is 1.14 bits per heavy atom. The highest BCUT2D eigenvalue weighted by molar-refractivity contribution is 7.99. The third-order valence-corrected chi connectivity index (χ3v) is 4.53. The van der Waals surface area contributed by atoms with E-state index in [2.05, 4.69) is 17.4 Å². The first-order valence-corrected chi connectivity index (χ1v) is 8.00. The van der Waals surface area contributed by atoms with Crippen molar-refractivity contribution >= 4 is 17.7 Å². The van der Waals surface area contributed by atoms with Gasteiger partial charge in [-0.25, -0.2) is 0 Å².